The summed E-state index contributed by atoms with van der Waals surface area (Å²) in [6, 6.07) is 7.44. The topological polar surface area (TPSA) is 15.3 Å². The molecular formula is C16H25FN2. The molecule has 2 atom stereocenters. The Morgan fingerprint density at radius 3 is 2.84 bits per heavy atom. The average Bonchev–Trinajstić information content (AvgIpc) is 2.36. The standard InChI is InChI=1S/C16H25FN2/c1-12(2)9-18-15-7-13(3)10-19(11-15)16-6-4-5-14(17)8-16/h4-6,8,12-13,15,18H,7,9-11H2,1-3H3. The second-order valence-electron chi connectivity index (χ2n) is 6.22. The number of nitrogens with one attached hydrogen (secondary N) is 1. The second kappa shape index (κ2) is 6.38. The molecule has 0 aromatic heterocycles. The van der Waals surface area contributed by atoms with Crippen molar-refractivity contribution in [3.8, 4) is 0 Å². The largest absolute Gasteiger partial charge is 0.370 e. The van der Waals surface area contributed by atoms with Crippen molar-refractivity contribution in [3.05, 3.63) is 30.1 Å². The van der Waals surface area contributed by atoms with E-state index in [2.05, 4.69) is 31.0 Å². The highest BCUT2D eigenvalue weighted by molar-refractivity contribution is 5.47. The van der Waals surface area contributed by atoms with Gasteiger partial charge in [-0.3, -0.25) is 0 Å². The number of hydrogen-bond acceptors (Lipinski definition) is 2. The van der Waals surface area contributed by atoms with Gasteiger partial charge in [0.05, 0.1) is 0 Å². The molecule has 0 saturated carbocycles. The lowest BCUT2D eigenvalue weighted by atomic mass is 9.95. The van der Waals surface area contributed by atoms with E-state index in [4.69, 9.17) is 0 Å². The van der Waals surface area contributed by atoms with E-state index in [0.717, 1.165) is 25.3 Å². The summed E-state index contributed by atoms with van der Waals surface area (Å²) in [7, 11) is 0. The zero-order chi connectivity index (χ0) is 13.8. The molecule has 0 aliphatic carbocycles. The molecule has 1 saturated heterocycles. The average molecular weight is 264 g/mol. The predicted octanol–water partition coefficient (Wildman–Crippen LogP) is 3.29. The summed E-state index contributed by atoms with van der Waals surface area (Å²) in [4.78, 5) is 2.30. The molecule has 1 aliphatic rings. The van der Waals surface area contributed by atoms with Gasteiger partial charge in [-0.2, -0.15) is 0 Å². The summed E-state index contributed by atoms with van der Waals surface area (Å²) in [6.45, 7) is 9.76. The van der Waals surface area contributed by atoms with E-state index >= 15 is 0 Å². The van der Waals surface area contributed by atoms with Gasteiger partial charge in [-0.1, -0.05) is 26.8 Å². The van der Waals surface area contributed by atoms with E-state index in [0.29, 0.717) is 17.9 Å². The van der Waals surface area contributed by atoms with Crippen molar-refractivity contribution in [2.45, 2.75) is 33.2 Å². The van der Waals surface area contributed by atoms with Gasteiger partial charge in [0, 0.05) is 24.8 Å². The van der Waals surface area contributed by atoms with Gasteiger partial charge in [0.1, 0.15) is 5.82 Å². The Balaban J connectivity index is 2.01. The van der Waals surface area contributed by atoms with E-state index in [1.165, 1.54) is 12.5 Å². The van der Waals surface area contributed by atoms with Crippen LogP contribution >= 0.6 is 0 Å². The zero-order valence-electron chi connectivity index (χ0n) is 12.2. The second-order valence-corrected chi connectivity index (χ2v) is 6.22. The van der Waals surface area contributed by atoms with Crippen LogP contribution in [-0.4, -0.2) is 25.7 Å². The number of halogens is 1. The summed E-state index contributed by atoms with van der Waals surface area (Å²) in [5.41, 5.74) is 1.00. The molecule has 106 valence electrons. The van der Waals surface area contributed by atoms with Gasteiger partial charge in [-0.15, -0.1) is 0 Å². The Hall–Kier alpha value is -1.09. The fraction of sp³-hybridized carbons (Fsp3) is 0.625. The molecule has 2 rings (SSSR count). The van der Waals surface area contributed by atoms with Crippen LogP contribution in [0.2, 0.25) is 0 Å². The van der Waals surface area contributed by atoms with Crippen molar-refractivity contribution in [3.63, 3.8) is 0 Å². The smallest absolute Gasteiger partial charge is 0.125 e. The maximum absolute atomic E-state index is 13.3. The van der Waals surface area contributed by atoms with Crippen LogP contribution in [0.5, 0.6) is 0 Å². The van der Waals surface area contributed by atoms with Gasteiger partial charge in [-0.25, -0.2) is 4.39 Å². The van der Waals surface area contributed by atoms with E-state index in [1.807, 2.05) is 6.07 Å². The fourth-order valence-electron chi connectivity index (χ4n) is 2.79. The first kappa shape index (κ1) is 14.3. The zero-order valence-corrected chi connectivity index (χ0v) is 12.2. The molecule has 1 heterocycles. The van der Waals surface area contributed by atoms with Crippen molar-refractivity contribution in [1.82, 2.24) is 5.32 Å². The van der Waals surface area contributed by atoms with E-state index < -0.39 is 0 Å². The minimum Gasteiger partial charge on any atom is -0.370 e. The minimum atomic E-state index is -0.151. The molecule has 0 radical (unpaired) electrons. The molecule has 1 aromatic carbocycles. The third kappa shape index (κ3) is 4.20. The summed E-state index contributed by atoms with van der Waals surface area (Å²) in [6.07, 6.45) is 1.21. The SMILES string of the molecule is CC(C)CNC1CC(C)CN(c2cccc(F)c2)C1. The minimum absolute atomic E-state index is 0.151. The number of anilines is 1. The van der Waals surface area contributed by atoms with Crippen LogP contribution in [-0.2, 0) is 0 Å². The highest BCUT2D eigenvalue weighted by atomic mass is 19.1. The summed E-state index contributed by atoms with van der Waals surface area (Å²) >= 11 is 0. The van der Waals surface area contributed by atoms with Gasteiger partial charge >= 0.3 is 0 Å². The normalized spacial score (nSPS) is 23.9. The Morgan fingerprint density at radius 1 is 1.37 bits per heavy atom. The van der Waals surface area contributed by atoms with E-state index in [-0.39, 0.29) is 5.82 Å². The van der Waals surface area contributed by atoms with Crippen LogP contribution in [0, 0.1) is 17.7 Å². The molecule has 19 heavy (non-hydrogen) atoms. The van der Waals surface area contributed by atoms with Gasteiger partial charge in [0.25, 0.3) is 0 Å². The molecule has 0 amide bonds. The van der Waals surface area contributed by atoms with E-state index in [1.54, 1.807) is 12.1 Å². The Labute approximate surface area is 116 Å². The number of benzene rings is 1. The van der Waals surface area contributed by atoms with Crippen molar-refractivity contribution < 1.29 is 4.39 Å². The van der Waals surface area contributed by atoms with Crippen LogP contribution in [0.4, 0.5) is 10.1 Å². The van der Waals surface area contributed by atoms with Crippen LogP contribution in [0.25, 0.3) is 0 Å². The van der Waals surface area contributed by atoms with Crippen molar-refractivity contribution in [1.29, 1.82) is 0 Å². The summed E-state index contributed by atoms with van der Waals surface area (Å²) in [5, 5.41) is 3.63. The molecule has 3 heteroatoms. The molecule has 1 N–H and O–H groups in total. The molecule has 0 spiro atoms. The van der Waals surface area contributed by atoms with Crippen LogP contribution in [0.15, 0.2) is 24.3 Å². The number of piperidine rings is 1. The Morgan fingerprint density at radius 2 is 2.16 bits per heavy atom. The first-order valence-electron chi connectivity index (χ1n) is 7.28. The third-order valence-electron chi connectivity index (χ3n) is 3.65. The molecule has 2 nitrogen and oxygen atoms in total. The lowest BCUT2D eigenvalue weighted by molar-refractivity contribution is 0.339. The van der Waals surface area contributed by atoms with Crippen LogP contribution in [0.1, 0.15) is 27.2 Å². The van der Waals surface area contributed by atoms with Gasteiger partial charge < -0.3 is 10.2 Å². The first-order chi connectivity index (χ1) is 9.04. The van der Waals surface area contributed by atoms with Crippen molar-refractivity contribution >= 4 is 5.69 Å². The fourth-order valence-corrected chi connectivity index (χ4v) is 2.79. The summed E-state index contributed by atoms with van der Waals surface area (Å²) < 4.78 is 13.3. The van der Waals surface area contributed by atoms with Gasteiger partial charge in [0.2, 0.25) is 0 Å². The van der Waals surface area contributed by atoms with Crippen LogP contribution in [0.3, 0.4) is 0 Å². The first-order valence-corrected chi connectivity index (χ1v) is 7.28. The van der Waals surface area contributed by atoms with Gasteiger partial charge in [-0.05, 0) is 43.0 Å². The van der Waals surface area contributed by atoms with Crippen molar-refractivity contribution in [2.24, 2.45) is 11.8 Å². The molecule has 1 fully saturated rings. The Kier molecular flexibility index (Phi) is 4.81. The molecule has 2 unspecified atom stereocenters. The van der Waals surface area contributed by atoms with E-state index in [9.17, 15) is 4.39 Å². The molecule has 1 aliphatic heterocycles. The maximum Gasteiger partial charge on any atom is 0.125 e. The number of nitrogens with zero attached hydrogens (tertiary/aromatic N) is 1. The number of hydrogen-bond donors (Lipinski definition) is 1. The lowest BCUT2D eigenvalue weighted by Crippen LogP contribution is -2.49. The molecule has 1 aromatic rings. The molecule has 0 bridgehead atoms. The monoisotopic (exact) mass is 264 g/mol. The maximum atomic E-state index is 13.3. The summed E-state index contributed by atoms with van der Waals surface area (Å²) in [5.74, 6) is 1.16. The lowest BCUT2D eigenvalue weighted by Gasteiger charge is -2.38. The van der Waals surface area contributed by atoms with Crippen LogP contribution < -0.4 is 10.2 Å². The van der Waals surface area contributed by atoms with Crippen molar-refractivity contribution in [2.75, 3.05) is 24.5 Å². The predicted molar refractivity (Wildman–Crippen MR) is 79.0 cm³/mol. The quantitative estimate of drug-likeness (QED) is 0.897. The third-order valence-corrected chi connectivity index (χ3v) is 3.65. The molecular weight excluding hydrogens is 239 g/mol. The highest BCUT2D eigenvalue weighted by Gasteiger charge is 2.24. The Bertz CT molecular complexity index is 405. The number of rotatable bonds is 4. The highest BCUT2D eigenvalue weighted by Crippen LogP contribution is 2.23. The van der Waals surface area contributed by atoms with Gasteiger partial charge in [0.15, 0.2) is 0 Å².